The lowest BCUT2D eigenvalue weighted by Gasteiger charge is -2.16. The van der Waals surface area contributed by atoms with Gasteiger partial charge in [-0.05, 0) is 45.3 Å². The summed E-state index contributed by atoms with van der Waals surface area (Å²) in [6, 6.07) is 5.28. The number of aldehydes is 1. The van der Waals surface area contributed by atoms with E-state index in [-0.39, 0.29) is 12.5 Å². The molecule has 0 bridgehead atoms. The molecule has 1 amide bonds. The van der Waals surface area contributed by atoms with Crippen molar-refractivity contribution in [2.75, 3.05) is 91.8 Å². The summed E-state index contributed by atoms with van der Waals surface area (Å²) in [6.45, 7) is 11.2. The number of nitrogens with two attached hydrogens (primary N) is 1. The fourth-order valence-corrected chi connectivity index (χ4v) is 3.26. The van der Waals surface area contributed by atoms with Crippen LogP contribution in [0.2, 0.25) is 10.0 Å². The number of hydrogen-bond donors (Lipinski definition) is 4. The number of amides is 1. The molecular weight excluding hydrogens is 686 g/mol. The number of anilines is 1. The summed E-state index contributed by atoms with van der Waals surface area (Å²) in [5, 5.41) is 7.12. The quantitative estimate of drug-likeness (QED) is 0.0348. The summed E-state index contributed by atoms with van der Waals surface area (Å²) in [5.74, 6) is 0.148. The summed E-state index contributed by atoms with van der Waals surface area (Å²) in [5.41, 5.74) is 6.57. The highest BCUT2D eigenvalue weighted by Crippen LogP contribution is 2.24. The third-order valence-electron chi connectivity index (χ3n) is 4.85. The molecular formula is C27H49Cl2IN6O5. The van der Waals surface area contributed by atoms with Crippen LogP contribution in [0.3, 0.4) is 0 Å². The number of carbonyl (C=O) groups is 2. The maximum Gasteiger partial charge on any atom is 0.247 e. The molecule has 0 radical (unpaired) electrons. The minimum Gasteiger partial charge on any atom is -0.387 e. The molecule has 0 aliphatic rings. The second kappa shape index (κ2) is 31.8. The number of ether oxygens (including phenoxy) is 3. The number of nitrogens with one attached hydrogen (secondary N) is 3. The van der Waals surface area contributed by atoms with Crippen molar-refractivity contribution in [2.45, 2.75) is 33.1 Å². The molecule has 0 saturated heterocycles. The van der Waals surface area contributed by atoms with E-state index in [0.717, 1.165) is 44.6 Å². The van der Waals surface area contributed by atoms with Gasteiger partial charge >= 0.3 is 0 Å². The van der Waals surface area contributed by atoms with E-state index >= 15 is 0 Å². The summed E-state index contributed by atoms with van der Waals surface area (Å²) in [7, 11) is 3.84. The van der Waals surface area contributed by atoms with Crippen LogP contribution in [-0.4, -0.2) is 109 Å². The van der Waals surface area contributed by atoms with E-state index in [4.69, 9.17) is 43.1 Å². The summed E-state index contributed by atoms with van der Waals surface area (Å²) in [6.07, 6.45) is 2.41. The molecule has 0 atom stereocenters. The molecule has 0 aliphatic carbocycles. The fraction of sp³-hybridized carbons (Fsp3) is 0.667. The van der Waals surface area contributed by atoms with Crippen LogP contribution in [0.4, 0.5) is 5.69 Å². The number of aliphatic imine (C=N–C) groups is 1. The average Bonchev–Trinajstić information content (AvgIpc) is 2.96. The van der Waals surface area contributed by atoms with Gasteiger partial charge in [0.15, 0.2) is 0 Å². The molecule has 1 rings (SSSR count). The fourth-order valence-electron chi connectivity index (χ4n) is 2.75. The van der Waals surface area contributed by atoms with Crippen molar-refractivity contribution < 1.29 is 23.8 Å². The Morgan fingerprint density at radius 2 is 1.66 bits per heavy atom. The van der Waals surface area contributed by atoms with Crippen molar-refractivity contribution in [2.24, 2.45) is 10.7 Å². The summed E-state index contributed by atoms with van der Waals surface area (Å²) >= 11 is 13.8. The van der Waals surface area contributed by atoms with E-state index in [1.807, 2.05) is 34.0 Å². The van der Waals surface area contributed by atoms with Crippen molar-refractivity contribution in [3.05, 3.63) is 28.2 Å². The minimum absolute atomic E-state index is 0.174. The SMILES string of the molecule is CC.CN(CCOCC=O)CCOCCOCCNI.CNCCCC(=O)N=C(N)CCNc1ccc(Cl)c(Cl)c1. The third kappa shape index (κ3) is 28.8. The van der Waals surface area contributed by atoms with Crippen LogP contribution < -0.4 is 19.9 Å². The molecule has 5 N–H and O–H groups in total. The first-order chi connectivity index (χ1) is 19.8. The molecule has 238 valence electrons. The van der Waals surface area contributed by atoms with E-state index in [1.165, 1.54) is 0 Å². The summed E-state index contributed by atoms with van der Waals surface area (Å²) in [4.78, 5) is 27.5. The number of benzene rings is 1. The van der Waals surface area contributed by atoms with Crippen molar-refractivity contribution in [1.82, 2.24) is 13.7 Å². The zero-order valence-electron chi connectivity index (χ0n) is 24.9. The predicted octanol–water partition coefficient (Wildman–Crippen LogP) is 3.81. The number of carbonyl (C=O) groups excluding carboxylic acids is 2. The molecule has 0 heterocycles. The topological polar surface area (TPSA) is 140 Å². The Bertz CT molecular complexity index is 811. The minimum atomic E-state index is -0.183. The standard InChI is InChI=1S/C14H20Cl2N4O.C11H23IN2O4.C2H6/c1-18-7-2-3-14(21)20-13(17)6-8-19-10-4-5-11(15)12(16)9-10;1-14(3-7-17-9-5-15)4-8-18-11-10-16-6-2-13-12;1-2/h4-5,9,18-19H,2-3,6-8H2,1H3,(H2,17,20,21);5,13H,2-4,6-11H2,1H3;1-2H3. The Hall–Kier alpha value is -1.10. The Morgan fingerprint density at radius 1 is 1.00 bits per heavy atom. The first kappa shape index (κ1) is 42.0. The Labute approximate surface area is 270 Å². The Kier molecular flexibility index (Phi) is 32.6. The van der Waals surface area contributed by atoms with E-state index in [1.54, 1.807) is 12.1 Å². The highest BCUT2D eigenvalue weighted by Gasteiger charge is 2.03. The zero-order chi connectivity index (χ0) is 31.1. The summed E-state index contributed by atoms with van der Waals surface area (Å²) < 4.78 is 18.8. The molecule has 0 aliphatic heterocycles. The van der Waals surface area contributed by atoms with Gasteiger partial charge in [-0.15, -0.1) is 0 Å². The monoisotopic (exact) mass is 734 g/mol. The van der Waals surface area contributed by atoms with E-state index in [9.17, 15) is 9.59 Å². The number of likely N-dealkylation sites (N-methyl/N-ethyl adjacent to an activating group) is 1. The molecule has 41 heavy (non-hydrogen) atoms. The van der Waals surface area contributed by atoms with Crippen LogP contribution in [-0.2, 0) is 23.8 Å². The predicted molar refractivity (Wildman–Crippen MR) is 179 cm³/mol. The van der Waals surface area contributed by atoms with Crippen LogP contribution in [0.15, 0.2) is 23.2 Å². The third-order valence-corrected chi connectivity index (χ3v) is 6.13. The first-order valence-corrected chi connectivity index (χ1v) is 15.6. The molecule has 11 nitrogen and oxygen atoms in total. The Balaban J connectivity index is 0. The van der Waals surface area contributed by atoms with Gasteiger partial charge in [0, 0.05) is 67.6 Å². The van der Waals surface area contributed by atoms with Crippen molar-refractivity contribution in [3.8, 4) is 0 Å². The van der Waals surface area contributed by atoms with Crippen LogP contribution in [0.5, 0.6) is 0 Å². The van der Waals surface area contributed by atoms with Gasteiger partial charge in [-0.1, -0.05) is 37.0 Å². The second-order valence-electron chi connectivity index (χ2n) is 8.16. The van der Waals surface area contributed by atoms with Gasteiger partial charge in [-0.25, -0.2) is 4.99 Å². The van der Waals surface area contributed by atoms with Gasteiger partial charge in [0.2, 0.25) is 5.91 Å². The smallest absolute Gasteiger partial charge is 0.247 e. The van der Waals surface area contributed by atoms with Crippen LogP contribution in [0, 0.1) is 0 Å². The number of amidine groups is 1. The molecule has 0 unspecified atom stereocenters. The highest BCUT2D eigenvalue weighted by atomic mass is 127. The number of rotatable bonds is 22. The maximum absolute atomic E-state index is 11.5. The molecule has 0 saturated carbocycles. The Morgan fingerprint density at radius 3 is 2.27 bits per heavy atom. The molecule has 0 fully saturated rings. The molecule has 14 heteroatoms. The van der Waals surface area contributed by atoms with Gasteiger partial charge < -0.3 is 40.3 Å². The first-order valence-electron chi connectivity index (χ1n) is 13.7. The highest BCUT2D eigenvalue weighted by molar-refractivity contribution is 14.1. The van der Waals surface area contributed by atoms with Crippen molar-refractivity contribution in [1.29, 1.82) is 0 Å². The van der Waals surface area contributed by atoms with Gasteiger partial charge in [0.1, 0.15) is 18.7 Å². The number of nitrogens with zero attached hydrogens (tertiary/aromatic N) is 2. The number of hydrogen-bond acceptors (Lipinski definition) is 9. The largest absolute Gasteiger partial charge is 0.387 e. The lowest BCUT2D eigenvalue weighted by molar-refractivity contribution is -0.117. The second-order valence-corrected chi connectivity index (χ2v) is 9.74. The van der Waals surface area contributed by atoms with E-state index < -0.39 is 0 Å². The lowest BCUT2D eigenvalue weighted by Crippen LogP contribution is -2.27. The molecule has 1 aromatic rings. The zero-order valence-corrected chi connectivity index (χ0v) is 28.5. The molecule has 0 spiro atoms. The normalized spacial score (nSPS) is 10.9. The molecule has 0 aromatic heterocycles. The van der Waals surface area contributed by atoms with Crippen LogP contribution >= 0.6 is 46.1 Å². The average molecular weight is 736 g/mol. The van der Waals surface area contributed by atoms with Gasteiger partial charge in [0.05, 0.1) is 43.1 Å². The van der Waals surface area contributed by atoms with E-state index in [2.05, 4.69) is 46.9 Å². The van der Waals surface area contributed by atoms with Crippen molar-refractivity contribution >= 4 is 69.8 Å². The van der Waals surface area contributed by atoms with Crippen LogP contribution in [0.1, 0.15) is 33.1 Å². The van der Waals surface area contributed by atoms with E-state index in [0.29, 0.717) is 68.3 Å². The van der Waals surface area contributed by atoms with Gasteiger partial charge in [-0.2, -0.15) is 0 Å². The number of halogens is 3. The lowest BCUT2D eigenvalue weighted by atomic mass is 10.3. The van der Waals surface area contributed by atoms with Gasteiger partial charge in [-0.3, -0.25) is 8.32 Å². The maximum atomic E-state index is 11.5. The van der Waals surface area contributed by atoms with Gasteiger partial charge in [0.25, 0.3) is 0 Å². The molecule has 1 aromatic carbocycles. The van der Waals surface area contributed by atoms with Crippen LogP contribution in [0.25, 0.3) is 0 Å². The van der Waals surface area contributed by atoms with Crippen molar-refractivity contribution in [3.63, 3.8) is 0 Å².